The number of rotatable bonds is 8. The first-order chi connectivity index (χ1) is 23.4. The van der Waals surface area contributed by atoms with Crippen LogP contribution >= 0.6 is 0 Å². The summed E-state index contributed by atoms with van der Waals surface area (Å²) in [6.07, 6.45) is 5.08. The number of nitrogens with one attached hydrogen (secondary N) is 2. The number of allylic oxidation sites excluding steroid dienone is 3. The Labute approximate surface area is 308 Å². The van der Waals surface area contributed by atoms with Gasteiger partial charge in [-0.05, 0) is 71.2 Å². The van der Waals surface area contributed by atoms with Gasteiger partial charge in [0.25, 0.3) is 0 Å². The van der Waals surface area contributed by atoms with Gasteiger partial charge in [-0.2, -0.15) is 0 Å². The van der Waals surface area contributed by atoms with Crippen molar-refractivity contribution in [3.05, 3.63) is 87.0 Å². The van der Waals surface area contributed by atoms with Gasteiger partial charge in [0.05, 0.1) is 18.9 Å². The van der Waals surface area contributed by atoms with E-state index in [1.807, 2.05) is 58.0 Å². The van der Waals surface area contributed by atoms with Gasteiger partial charge in [0.15, 0.2) is 23.1 Å². The first-order valence-corrected chi connectivity index (χ1v) is 16.9. The van der Waals surface area contributed by atoms with Crippen LogP contribution in [0.1, 0.15) is 116 Å². The first-order valence-electron chi connectivity index (χ1n) is 16.9. The summed E-state index contributed by atoms with van der Waals surface area (Å²) >= 11 is 0. The van der Waals surface area contributed by atoms with E-state index in [0.717, 1.165) is 79.0 Å². The number of hydrogen-bond acceptors (Lipinski definition) is 5. The average molecular weight is 685 g/mol. The number of carbonyl (C=O) groups excluding carboxylic acids is 3. The predicted octanol–water partition coefficient (Wildman–Crippen LogP) is 5.80. The Hall–Kier alpha value is -4.28. The van der Waals surface area contributed by atoms with Crippen LogP contribution in [0.2, 0.25) is 0 Å². The zero-order valence-corrected chi connectivity index (χ0v) is 31.7. The SMILES string of the molecule is C=Cc1c(C)c2cc3[nH+]c(c4c5[nH+]c(cc6[n-]c(cc1[n-]2)c(C)c6CC)C(C)=C5C(=O)C4C(=O)OC)C(CCC(=O)OCC=C(C)C)C3C.[Mg+2]. The fourth-order valence-electron chi connectivity index (χ4n) is 7.48. The number of methoxy groups -OCH3 is 1. The van der Waals surface area contributed by atoms with Crippen molar-refractivity contribution in [2.75, 3.05) is 13.7 Å². The number of aromatic nitrogens is 4. The number of aromatic amines is 2. The third-order valence-corrected chi connectivity index (χ3v) is 10.3. The third-order valence-electron chi connectivity index (χ3n) is 10.3. The molecule has 3 unspecified atom stereocenters. The van der Waals surface area contributed by atoms with Gasteiger partial charge in [0, 0.05) is 12.0 Å². The summed E-state index contributed by atoms with van der Waals surface area (Å²) in [4.78, 5) is 57.7. The average Bonchev–Trinajstić information content (AvgIpc) is 3.80. The third kappa shape index (κ3) is 6.28. The molecule has 2 N–H and O–H groups in total. The van der Waals surface area contributed by atoms with Gasteiger partial charge in [-0.25, -0.2) is 9.97 Å². The number of nitrogens with zero attached hydrogens (tertiary/aromatic N) is 2. The first kappa shape index (κ1) is 37.0. The number of ketones is 1. The molecule has 8 bridgehead atoms. The molecule has 3 aromatic rings. The molecule has 1 aliphatic carbocycles. The number of fused-ring (bicyclic) bond motifs is 8. The minimum absolute atomic E-state index is 0. The molecule has 3 aromatic heterocycles. The Balaban J connectivity index is 0.00000486. The van der Waals surface area contributed by atoms with Crippen LogP contribution in [0, 0.1) is 13.8 Å². The Morgan fingerprint density at radius 2 is 1.70 bits per heavy atom. The minimum Gasteiger partial charge on any atom is -0.657 e. The number of aryl methyl sites for hydroxylation is 3. The maximum absolute atomic E-state index is 14.2. The predicted molar refractivity (Wildman–Crippen MR) is 194 cm³/mol. The molecule has 9 nitrogen and oxygen atoms in total. The molecule has 0 aromatic carbocycles. The van der Waals surface area contributed by atoms with Crippen LogP contribution in [0.5, 0.6) is 0 Å². The van der Waals surface area contributed by atoms with Crippen molar-refractivity contribution < 1.29 is 33.8 Å². The van der Waals surface area contributed by atoms with E-state index in [4.69, 9.17) is 19.4 Å². The van der Waals surface area contributed by atoms with Crippen molar-refractivity contribution in [2.45, 2.75) is 85.5 Å². The molecule has 6 rings (SSSR count). The Kier molecular flexibility index (Phi) is 10.7. The van der Waals surface area contributed by atoms with Crippen LogP contribution in [-0.2, 0) is 30.3 Å². The Morgan fingerprint density at radius 1 is 1.00 bits per heavy atom. The van der Waals surface area contributed by atoms with Crippen molar-refractivity contribution >= 4 is 80.1 Å². The van der Waals surface area contributed by atoms with Crippen LogP contribution in [-0.4, -0.2) is 54.5 Å². The van der Waals surface area contributed by atoms with Gasteiger partial charge in [-0.1, -0.05) is 54.8 Å². The molecule has 0 saturated carbocycles. The van der Waals surface area contributed by atoms with Crippen LogP contribution < -0.4 is 19.9 Å². The molecule has 0 saturated heterocycles. The molecular weight excluding hydrogens is 641 g/mol. The summed E-state index contributed by atoms with van der Waals surface area (Å²) in [6, 6.07) is 6.04. The summed E-state index contributed by atoms with van der Waals surface area (Å²) in [5.74, 6) is -2.73. The monoisotopic (exact) mass is 684 g/mol. The molecule has 3 atom stereocenters. The topological polar surface area (TPSA) is 126 Å². The number of H-pyrrole nitrogens is 2. The van der Waals surface area contributed by atoms with E-state index in [-0.39, 0.29) is 59.7 Å². The van der Waals surface area contributed by atoms with Gasteiger partial charge >= 0.3 is 35.0 Å². The fraction of sp³-hybridized carbons (Fsp3) is 0.375. The number of esters is 2. The summed E-state index contributed by atoms with van der Waals surface area (Å²) in [5, 5.41) is 0. The smallest absolute Gasteiger partial charge is 0.657 e. The molecule has 2 aliphatic heterocycles. The van der Waals surface area contributed by atoms with E-state index >= 15 is 0 Å². The van der Waals surface area contributed by atoms with Gasteiger partial charge in [-0.15, -0.1) is 22.1 Å². The maximum Gasteiger partial charge on any atom is 2.00 e. The van der Waals surface area contributed by atoms with E-state index in [1.165, 1.54) is 7.11 Å². The number of ether oxygens (including phenoxy) is 2. The normalized spacial score (nSPS) is 17.8. The van der Waals surface area contributed by atoms with Crippen molar-refractivity contribution in [3.8, 4) is 0 Å². The molecule has 10 heteroatoms. The van der Waals surface area contributed by atoms with E-state index in [2.05, 4.69) is 37.3 Å². The van der Waals surface area contributed by atoms with Crippen molar-refractivity contribution in [2.24, 2.45) is 0 Å². The van der Waals surface area contributed by atoms with E-state index < -0.39 is 11.9 Å². The standard InChI is InChI=1S/C40H43N4O5.Mg/c1-10-24-20(5)27-16-29-22(7)26(12-13-33(45)49-15-14-19(3)4)37(43-29)35-36(40(47)48-9)39(46)34-23(8)30(44-38(34)35)18-32-25(11-2)21(6)28(42-32)17-31(24)41-27;/h10,14,16-18,22,26,36H,1,11-13,15H2,2-9H3,(H-,41,42,43,44,46);/q-1;+2/p+1. The molecular formula is C40H44MgN4O5+2. The molecule has 0 amide bonds. The molecule has 50 heavy (non-hydrogen) atoms. The van der Waals surface area contributed by atoms with Crippen LogP contribution in [0.4, 0.5) is 0 Å². The largest absolute Gasteiger partial charge is 2.00 e. The zero-order valence-electron chi connectivity index (χ0n) is 30.3. The van der Waals surface area contributed by atoms with E-state index in [0.29, 0.717) is 23.3 Å². The second-order valence-corrected chi connectivity index (χ2v) is 13.4. The Morgan fingerprint density at radius 3 is 2.36 bits per heavy atom. The zero-order chi connectivity index (χ0) is 35.3. The summed E-state index contributed by atoms with van der Waals surface area (Å²) in [7, 11) is 1.30. The van der Waals surface area contributed by atoms with Crippen molar-refractivity contribution in [1.82, 2.24) is 9.97 Å². The summed E-state index contributed by atoms with van der Waals surface area (Å²) in [6.45, 7) is 18.4. The van der Waals surface area contributed by atoms with Crippen LogP contribution in [0.3, 0.4) is 0 Å². The molecule has 0 radical (unpaired) electrons. The minimum atomic E-state index is -1.15. The quantitative estimate of drug-likeness (QED) is 0.127. The van der Waals surface area contributed by atoms with Gasteiger partial charge in [-0.3, -0.25) is 14.4 Å². The van der Waals surface area contributed by atoms with Gasteiger partial charge in [0.1, 0.15) is 17.7 Å². The molecule has 5 heterocycles. The summed E-state index contributed by atoms with van der Waals surface area (Å²) < 4.78 is 10.7. The second kappa shape index (κ2) is 14.5. The second-order valence-electron chi connectivity index (χ2n) is 13.4. The maximum atomic E-state index is 14.2. The molecule has 0 fully saturated rings. The molecule has 0 spiro atoms. The Bertz CT molecular complexity index is 2160. The van der Waals surface area contributed by atoms with E-state index in [9.17, 15) is 14.4 Å². The van der Waals surface area contributed by atoms with Gasteiger partial charge < -0.3 is 19.4 Å². The number of carbonyl (C=O) groups is 3. The number of Topliss-reactive ketones (excluding diaryl/α,β-unsaturated/α-hetero) is 1. The summed E-state index contributed by atoms with van der Waals surface area (Å²) in [5.41, 5.74) is 13.1. The van der Waals surface area contributed by atoms with Crippen LogP contribution in [0.25, 0.3) is 39.3 Å². The van der Waals surface area contributed by atoms with Crippen LogP contribution in [0.15, 0.2) is 36.4 Å². The number of hydrogen-bond donors (Lipinski definition) is 0. The molecule has 3 aliphatic rings. The van der Waals surface area contributed by atoms with E-state index in [1.54, 1.807) is 0 Å². The van der Waals surface area contributed by atoms with Crippen molar-refractivity contribution in [1.29, 1.82) is 0 Å². The fourth-order valence-corrected chi connectivity index (χ4v) is 7.48. The van der Waals surface area contributed by atoms with Gasteiger partial charge in [0.2, 0.25) is 11.4 Å². The van der Waals surface area contributed by atoms with Crippen molar-refractivity contribution in [3.63, 3.8) is 0 Å². The molecule has 254 valence electrons.